The van der Waals surface area contributed by atoms with Gasteiger partial charge in [0.15, 0.2) is 0 Å². The smallest absolute Gasteiger partial charge is 0.119 e. The molecule has 0 amide bonds. The van der Waals surface area contributed by atoms with Crippen LogP contribution in [0.25, 0.3) is 23.1 Å². The maximum atomic E-state index is 5.54. The van der Waals surface area contributed by atoms with Gasteiger partial charge in [-0.1, -0.05) is 46.3 Å². The summed E-state index contributed by atoms with van der Waals surface area (Å²) < 4.78 is 6.58. The average Bonchev–Trinajstić information content (AvgIpc) is 2.55. The molecule has 3 heteroatoms. The molecule has 2 aromatic carbocycles. The Hall–Kier alpha value is -2.13. The van der Waals surface area contributed by atoms with Crippen LogP contribution < -0.4 is 4.74 Å². The van der Waals surface area contributed by atoms with Crippen LogP contribution in [-0.2, 0) is 0 Å². The summed E-state index contributed by atoms with van der Waals surface area (Å²) >= 11 is 3.57. The largest absolute Gasteiger partial charge is 0.494 e. The van der Waals surface area contributed by atoms with E-state index in [4.69, 9.17) is 4.74 Å². The quantitative estimate of drug-likeness (QED) is 0.611. The van der Waals surface area contributed by atoms with Crippen LogP contribution in [0, 0.1) is 0 Å². The van der Waals surface area contributed by atoms with Gasteiger partial charge in [-0.15, -0.1) is 0 Å². The highest BCUT2D eigenvalue weighted by Crippen LogP contribution is 2.24. The number of aromatic nitrogens is 1. The summed E-state index contributed by atoms with van der Waals surface area (Å²) in [4.78, 5) is 4.65. The highest BCUT2D eigenvalue weighted by molar-refractivity contribution is 9.10. The van der Waals surface area contributed by atoms with E-state index in [0.29, 0.717) is 6.61 Å². The molecule has 22 heavy (non-hydrogen) atoms. The number of para-hydroxylation sites is 1. The Bertz CT molecular complexity index is 827. The van der Waals surface area contributed by atoms with Crippen molar-refractivity contribution >= 4 is 39.0 Å². The second-order valence-corrected chi connectivity index (χ2v) is 5.73. The first-order chi connectivity index (χ1) is 10.8. The van der Waals surface area contributed by atoms with Gasteiger partial charge in [0.25, 0.3) is 0 Å². The van der Waals surface area contributed by atoms with E-state index >= 15 is 0 Å². The summed E-state index contributed by atoms with van der Waals surface area (Å²) in [5.74, 6) is 0.872. The second kappa shape index (κ2) is 6.75. The minimum atomic E-state index is 0.664. The summed E-state index contributed by atoms with van der Waals surface area (Å²) in [6, 6.07) is 18.2. The Balaban J connectivity index is 1.90. The van der Waals surface area contributed by atoms with Crippen LogP contribution in [-0.4, -0.2) is 11.6 Å². The molecule has 1 aromatic heterocycles. The number of nitrogens with zero attached hydrogens (tertiary/aromatic N) is 1. The van der Waals surface area contributed by atoms with Crippen molar-refractivity contribution < 1.29 is 4.74 Å². The van der Waals surface area contributed by atoms with E-state index in [1.54, 1.807) is 0 Å². The normalized spacial score (nSPS) is 11.2. The van der Waals surface area contributed by atoms with Crippen LogP contribution >= 0.6 is 15.9 Å². The van der Waals surface area contributed by atoms with Crippen molar-refractivity contribution in [3.63, 3.8) is 0 Å². The predicted octanol–water partition coefficient (Wildman–Crippen LogP) is 5.57. The van der Waals surface area contributed by atoms with Crippen molar-refractivity contribution in [1.82, 2.24) is 4.98 Å². The summed E-state index contributed by atoms with van der Waals surface area (Å²) in [6.45, 7) is 2.65. The fourth-order valence-electron chi connectivity index (χ4n) is 2.26. The lowest BCUT2D eigenvalue weighted by atomic mass is 10.1. The van der Waals surface area contributed by atoms with E-state index < -0.39 is 0 Å². The van der Waals surface area contributed by atoms with Crippen LogP contribution in [0.3, 0.4) is 0 Å². The zero-order valence-electron chi connectivity index (χ0n) is 12.3. The summed E-state index contributed by atoms with van der Waals surface area (Å²) in [5.41, 5.74) is 3.01. The van der Waals surface area contributed by atoms with Crippen LogP contribution in [0.1, 0.15) is 18.2 Å². The molecule has 0 radical (unpaired) electrons. The van der Waals surface area contributed by atoms with Crippen LogP contribution in [0.5, 0.6) is 5.75 Å². The zero-order valence-corrected chi connectivity index (χ0v) is 13.9. The molecule has 0 bridgehead atoms. The fourth-order valence-corrected chi connectivity index (χ4v) is 2.63. The van der Waals surface area contributed by atoms with Gasteiger partial charge in [-0.2, -0.15) is 0 Å². The Labute approximate surface area is 138 Å². The lowest BCUT2D eigenvalue weighted by Gasteiger charge is -2.05. The number of hydrogen-bond donors (Lipinski definition) is 0. The molecule has 1 heterocycles. The van der Waals surface area contributed by atoms with E-state index in [2.05, 4.69) is 33.0 Å². The van der Waals surface area contributed by atoms with E-state index in [1.807, 2.05) is 61.5 Å². The van der Waals surface area contributed by atoms with E-state index in [9.17, 15) is 0 Å². The molecule has 0 aliphatic rings. The molecule has 0 unspecified atom stereocenters. The van der Waals surface area contributed by atoms with Crippen molar-refractivity contribution in [1.29, 1.82) is 0 Å². The number of pyridine rings is 1. The number of hydrogen-bond acceptors (Lipinski definition) is 2. The number of rotatable bonds is 4. The zero-order chi connectivity index (χ0) is 15.4. The van der Waals surface area contributed by atoms with Gasteiger partial charge in [-0.3, -0.25) is 0 Å². The van der Waals surface area contributed by atoms with Crippen molar-refractivity contribution in [2.75, 3.05) is 6.61 Å². The van der Waals surface area contributed by atoms with Gasteiger partial charge in [-0.25, -0.2) is 4.98 Å². The Morgan fingerprint density at radius 2 is 1.91 bits per heavy atom. The molecule has 0 saturated carbocycles. The second-order valence-electron chi connectivity index (χ2n) is 4.88. The molecule has 0 aliphatic carbocycles. The van der Waals surface area contributed by atoms with Gasteiger partial charge in [0.05, 0.1) is 17.8 Å². The molecular weight excluding hydrogens is 338 g/mol. The number of fused-ring (bicyclic) bond motifs is 1. The van der Waals surface area contributed by atoms with Gasteiger partial charge in [-0.05, 0) is 48.9 Å². The Morgan fingerprint density at radius 3 is 2.77 bits per heavy atom. The molecule has 3 rings (SSSR count). The Morgan fingerprint density at radius 1 is 1.05 bits per heavy atom. The first kappa shape index (κ1) is 14.8. The minimum absolute atomic E-state index is 0.664. The van der Waals surface area contributed by atoms with E-state index in [1.165, 1.54) is 0 Å². The SMILES string of the molecule is CCOc1ccc(Br)c(C=Cc2ccc3ccccc3n2)c1. The number of halogens is 1. The molecule has 0 saturated heterocycles. The van der Waals surface area contributed by atoms with E-state index in [0.717, 1.165) is 32.4 Å². The molecule has 0 fully saturated rings. The van der Waals surface area contributed by atoms with Crippen LogP contribution in [0.15, 0.2) is 59.1 Å². The maximum absolute atomic E-state index is 5.54. The van der Waals surface area contributed by atoms with E-state index in [-0.39, 0.29) is 0 Å². The first-order valence-corrected chi connectivity index (χ1v) is 8.02. The molecule has 0 spiro atoms. The van der Waals surface area contributed by atoms with Crippen LogP contribution in [0.4, 0.5) is 0 Å². The standard InChI is InChI=1S/C19H16BrNO/c1-2-22-17-11-12-18(20)15(13-17)8-10-16-9-7-14-5-3-4-6-19(14)21-16/h3-13H,2H2,1H3. The van der Waals surface area contributed by atoms with Crippen molar-refractivity contribution in [2.45, 2.75) is 6.92 Å². The highest BCUT2D eigenvalue weighted by atomic mass is 79.9. The lowest BCUT2D eigenvalue weighted by Crippen LogP contribution is -1.91. The van der Waals surface area contributed by atoms with Gasteiger partial charge in [0.1, 0.15) is 5.75 Å². The molecule has 110 valence electrons. The third-order valence-corrected chi connectivity index (χ3v) is 4.05. The molecule has 2 nitrogen and oxygen atoms in total. The number of benzene rings is 2. The monoisotopic (exact) mass is 353 g/mol. The maximum Gasteiger partial charge on any atom is 0.119 e. The summed E-state index contributed by atoms with van der Waals surface area (Å²) in [6.07, 6.45) is 4.06. The predicted molar refractivity (Wildman–Crippen MR) is 96.0 cm³/mol. The highest BCUT2D eigenvalue weighted by Gasteiger charge is 2.00. The van der Waals surface area contributed by atoms with Crippen molar-refractivity contribution in [3.8, 4) is 5.75 Å². The first-order valence-electron chi connectivity index (χ1n) is 7.22. The summed E-state index contributed by atoms with van der Waals surface area (Å²) in [7, 11) is 0. The van der Waals surface area contributed by atoms with Gasteiger partial charge in [0.2, 0.25) is 0 Å². The number of ether oxygens (including phenoxy) is 1. The third kappa shape index (κ3) is 3.37. The molecule has 0 N–H and O–H groups in total. The Kier molecular flexibility index (Phi) is 4.54. The van der Waals surface area contributed by atoms with Crippen molar-refractivity contribution in [2.24, 2.45) is 0 Å². The lowest BCUT2D eigenvalue weighted by molar-refractivity contribution is 0.340. The third-order valence-electron chi connectivity index (χ3n) is 3.33. The fraction of sp³-hybridized carbons (Fsp3) is 0.105. The van der Waals surface area contributed by atoms with Crippen molar-refractivity contribution in [3.05, 3.63) is 70.3 Å². The minimum Gasteiger partial charge on any atom is -0.494 e. The van der Waals surface area contributed by atoms with Gasteiger partial charge >= 0.3 is 0 Å². The summed E-state index contributed by atoms with van der Waals surface area (Å²) in [5, 5.41) is 1.15. The topological polar surface area (TPSA) is 22.1 Å². The molecule has 3 aromatic rings. The molecular formula is C19H16BrNO. The van der Waals surface area contributed by atoms with Gasteiger partial charge in [0, 0.05) is 9.86 Å². The molecule has 0 atom stereocenters. The van der Waals surface area contributed by atoms with Gasteiger partial charge < -0.3 is 4.74 Å². The molecule has 0 aliphatic heterocycles. The average molecular weight is 354 g/mol. The van der Waals surface area contributed by atoms with Crippen LogP contribution in [0.2, 0.25) is 0 Å².